The topological polar surface area (TPSA) is 64.1 Å². The molecule has 0 aliphatic rings. The van der Waals surface area contributed by atoms with Crippen LogP contribution in [0.1, 0.15) is 58.4 Å². The molecule has 0 fully saturated rings. The molecular formula is C17H31N3. The van der Waals surface area contributed by atoms with Gasteiger partial charge < -0.3 is 16.8 Å². The molecular weight excluding hydrogens is 246 g/mol. The first-order chi connectivity index (χ1) is 9.40. The van der Waals surface area contributed by atoms with E-state index in [1.165, 1.54) is 6.42 Å². The van der Waals surface area contributed by atoms with E-state index in [2.05, 4.69) is 32.2 Å². The van der Waals surface area contributed by atoms with Gasteiger partial charge in [-0.2, -0.15) is 0 Å². The fourth-order valence-corrected chi connectivity index (χ4v) is 2.49. The summed E-state index contributed by atoms with van der Waals surface area (Å²) < 4.78 is 0. The molecule has 1 atom stereocenters. The third kappa shape index (κ3) is 5.04. The van der Waals surface area contributed by atoms with E-state index in [0.717, 1.165) is 42.6 Å². The van der Waals surface area contributed by atoms with Gasteiger partial charge in [0.15, 0.2) is 0 Å². The molecule has 1 rings (SSSR count). The van der Waals surface area contributed by atoms with Crippen molar-refractivity contribution in [2.75, 3.05) is 11.1 Å². The van der Waals surface area contributed by atoms with Gasteiger partial charge in [0.1, 0.15) is 0 Å². The van der Waals surface area contributed by atoms with Crippen LogP contribution in [0.3, 0.4) is 0 Å². The number of nitrogens with one attached hydrogen (secondary N) is 1. The summed E-state index contributed by atoms with van der Waals surface area (Å²) in [6.07, 6.45) is 5.53. The van der Waals surface area contributed by atoms with Gasteiger partial charge in [0, 0.05) is 23.0 Å². The van der Waals surface area contributed by atoms with Gasteiger partial charge in [-0.25, -0.2) is 0 Å². The van der Waals surface area contributed by atoms with Gasteiger partial charge in [0.05, 0.1) is 0 Å². The lowest BCUT2D eigenvalue weighted by molar-refractivity contribution is 0.350. The molecule has 20 heavy (non-hydrogen) atoms. The molecule has 3 heteroatoms. The smallest absolute Gasteiger partial charge is 0.0346 e. The molecule has 5 N–H and O–H groups in total. The highest BCUT2D eigenvalue weighted by Crippen LogP contribution is 2.21. The summed E-state index contributed by atoms with van der Waals surface area (Å²) in [7, 11) is 0. The van der Waals surface area contributed by atoms with Crippen molar-refractivity contribution in [3.05, 3.63) is 23.8 Å². The number of aryl methyl sites for hydroxylation is 1. The second kappa shape index (κ2) is 7.53. The molecule has 114 valence electrons. The zero-order valence-corrected chi connectivity index (χ0v) is 13.5. The van der Waals surface area contributed by atoms with Gasteiger partial charge in [-0.1, -0.05) is 13.8 Å². The van der Waals surface area contributed by atoms with E-state index >= 15 is 0 Å². The van der Waals surface area contributed by atoms with Crippen LogP contribution in [-0.4, -0.2) is 11.6 Å². The molecule has 0 aliphatic heterocycles. The molecule has 0 radical (unpaired) electrons. The van der Waals surface area contributed by atoms with Crippen LogP contribution in [-0.2, 0) is 0 Å². The summed E-state index contributed by atoms with van der Waals surface area (Å²) in [4.78, 5) is 0. The van der Waals surface area contributed by atoms with Crippen molar-refractivity contribution in [1.29, 1.82) is 0 Å². The molecule has 0 heterocycles. The van der Waals surface area contributed by atoms with Crippen molar-refractivity contribution in [1.82, 2.24) is 0 Å². The Hall–Kier alpha value is -1.22. The molecule has 0 aliphatic carbocycles. The minimum absolute atomic E-state index is 0.0253. The zero-order valence-electron chi connectivity index (χ0n) is 13.5. The SMILES string of the molecule is CCC(N)(CC)CCCC(C)Nc1ccc(N)c(C)c1. The van der Waals surface area contributed by atoms with Gasteiger partial charge in [-0.15, -0.1) is 0 Å². The van der Waals surface area contributed by atoms with Crippen molar-refractivity contribution in [2.24, 2.45) is 5.73 Å². The van der Waals surface area contributed by atoms with E-state index in [4.69, 9.17) is 11.5 Å². The van der Waals surface area contributed by atoms with Crippen LogP contribution in [0.4, 0.5) is 11.4 Å². The number of nitrogens with two attached hydrogens (primary N) is 2. The first kappa shape index (κ1) is 16.8. The van der Waals surface area contributed by atoms with Crippen LogP contribution in [0.15, 0.2) is 18.2 Å². The number of nitrogen functional groups attached to an aromatic ring is 1. The predicted octanol–water partition coefficient (Wildman–Crippen LogP) is 4.07. The highest BCUT2D eigenvalue weighted by Gasteiger charge is 2.19. The Kier molecular flexibility index (Phi) is 6.34. The number of rotatable bonds is 8. The van der Waals surface area contributed by atoms with Crippen LogP contribution in [0.25, 0.3) is 0 Å². The van der Waals surface area contributed by atoms with E-state index in [1.54, 1.807) is 0 Å². The van der Waals surface area contributed by atoms with Crippen LogP contribution in [0.2, 0.25) is 0 Å². The molecule has 3 nitrogen and oxygen atoms in total. The average Bonchev–Trinajstić information content (AvgIpc) is 2.42. The summed E-state index contributed by atoms with van der Waals surface area (Å²) >= 11 is 0. The van der Waals surface area contributed by atoms with E-state index in [0.29, 0.717) is 6.04 Å². The van der Waals surface area contributed by atoms with Crippen LogP contribution < -0.4 is 16.8 Å². The van der Waals surface area contributed by atoms with E-state index < -0.39 is 0 Å². The minimum atomic E-state index is 0.0253. The second-order valence-electron chi connectivity index (χ2n) is 6.08. The normalized spacial score (nSPS) is 13.2. The summed E-state index contributed by atoms with van der Waals surface area (Å²) in [5.41, 5.74) is 15.3. The molecule has 0 amide bonds. The maximum Gasteiger partial charge on any atom is 0.0346 e. The Morgan fingerprint density at radius 1 is 1.25 bits per heavy atom. The van der Waals surface area contributed by atoms with Crippen LogP contribution in [0, 0.1) is 6.92 Å². The third-order valence-corrected chi connectivity index (χ3v) is 4.40. The second-order valence-corrected chi connectivity index (χ2v) is 6.08. The maximum absolute atomic E-state index is 6.34. The first-order valence-electron chi connectivity index (χ1n) is 7.81. The van der Waals surface area contributed by atoms with Gasteiger partial charge in [0.25, 0.3) is 0 Å². The van der Waals surface area contributed by atoms with Crippen molar-refractivity contribution in [2.45, 2.75) is 71.4 Å². The lowest BCUT2D eigenvalue weighted by Gasteiger charge is -2.27. The largest absolute Gasteiger partial charge is 0.399 e. The minimum Gasteiger partial charge on any atom is -0.399 e. The van der Waals surface area contributed by atoms with Gasteiger partial charge >= 0.3 is 0 Å². The molecule has 0 bridgehead atoms. The van der Waals surface area contributed by atoms with Gasteiger partial charge in [-0.3, -0.25) is 0 Å². The third-order valence-electron chi connectivity index (χ3n) is 4.40. The quantitative estimate of drug-likeness (QED) is 0.628. The van der Waals surface area contributed by atoms with Crippen molar-refractivity contribution in [3.8, 4) is 0 Å². The first-order valence-corrected chi connectivity index (χ1v) is 7.81. The fourth-order valence-electron chi connectivity index (χ4n) is 2.49. The Morgan fingerprint density at radius 2 is 1.90 bits per heavy atom. The lowest BCUT2D eigenvalue weighted by atomic mass is 9.88. The average molecular weight is 277 g/mol. The monoisotopic (exact) mass is 277 g/mol. The molecule has 0 spiro atoms. The number of benzene rings is 1. The Balaban J connectivity index is 2.40. The van der Waals surface area contributed by atoms with E-state index in [9.17, 15) is 0 Å². The highest BCUT2D eigenvalue weighted by atomic mass is 14.9. The Morgan fingerprint density at radius 3 is 2.45 bits per heavy atom. The van der Waals surface area contributed by atoms with Crippen molar-refractivity contribution >= 4 is 11.4 Å². The predicted molar refractivity (Wildman–Crippen MR) is 90.0 cm³/mol. The van der Waals surface area contributed by atoms with Crippen LogP contribution >= 0.6 is 0 Å². The maximum atomic E-state index is 6.34. The van der Waals surface area contributed by atoms with Crippen molar-refractivity contribution in [3.63, 3.8) is 0 Å². The molecule has 0 saturated heterocycles. The Bertz CT molecular complexity index is 411. The van der Waals surface area contributed by atoms with Gasteiger partial charge in [-0.05, 0) is 69.7 Å². The van der Waals surface area contributed by atoms with Gasteiger partial charge in [0.2, 0.25) is 0 Å². The number of hydrogen-bond acceptors (Lipinski definition) is 3. The molecule has 1 aromatic carbocycles. The van der Waals surface area contributed by atoms with E-state index in [1.807, 2.05) is 19.1 Å². The highest BCUT2D eigenvalue weighted by molar-refractivity contribution is 5.56. The van der Waals surface area contributed by atoms with E-state index in [-0.39, 0.29) is 5.54 Å². The molecule has 0 aromatic heterocycles. The molecule has 1 unspecified atom stereocenters. The number of anilines is 2. The standard InChI is InChI=1S/C17H31N3/c1-5-17(19,6-2)11-7-8-14(4)20-15-9-10-16(18)13(3)12-15/h9-10,12,14,20H,5-8,11,18-19H2,1-4H3. The Labute approximate surface area is 124 Å². The summed E-state index contributed by atoms with van der Waals surface area (Å²) in [5.74, 6) is 0. The summed E-state index contributed by atoms with van der Waals surface area (Å²) in [6.45, 7) is 8.63. The molecule has 1 aromatic rings. The van der Waals surface area contributed by atoms with Crippen LogP contribution in [0.5, 0.6) is 0 Å². The molecule has 0 saturated carbocycles. The number of hydrogen-bond donors (Lipinski definition) is 3. The zero-order chi connectivity index (χ0) is 15.2. The summed E-state index contributed by atoms with van der Waals surface area (Å²) in [6, 6.07) is 6.57. The lowest BCUT2D eigenvalue weighted by Crippen LogP contribution is -2.38. The fraction of sp³-hybridized carbons (Fsp3) is 0.647. The summed E-state index contributed by atoms with van der Waals surface area (Å²) in [5, 5.41) is 3.54. The van der Waals surface area contributed by atoms with Crippen molar-refractivity contribution < 1.29 is 0 Å².